The Labute approximate surface area is 132 Å². The number of fused-ring (bicyclic) bond motifs is 4. The van der Waals surface area contributed by atoms with Gasteiger partial charge in [-0.3, -0.25) is 9.59 Å². The van der Waals surface area contributed by atoms with E-state index in [2.05, 4.69) is 0 Å². The Morgan fingerprint density at radius 1 is 0.583 bits per heavy atom. The highest BCUT2D eigenvalue weighted by Gasteiger charge is 2.15. The van der Waals surface area contributed by atoms with Crippen LogP contribution in [0.2, 0.25) is 0 Å². The maximum atomic E-state index is 12.8. The van der Waals surface area contributed by atoms with E-state index in [9.17, 15) is 19.2 Å². The van der Waals surface area contributed by atoms with Crippen LogP contribution in [0.15, 0.2) is 76.5 Å². The lowest BCUT2D eigenvalue weighted by Crippen LogP contribution is -2.13. The van der Waals surface area contributed by atoms with Crippen molar-refractivity contribution in [1.29, 1.82) is 0 Å². The first-order chi connectivity index (χ1) is 11.6. The van der Waals surface area contributed by atoms with Crippen molar-refractivity contribution in [2.24, 2.45) is 0 Å². The van der Waals surface area contributed by atoms with Gasteiger partial charge in [0, 0.05) is 28.3 Å². The second-order valence-electron chi connectivity index (χ2n) is 5.19. The van der Waals surface area contributed by atoms with E-state index in [1.165, 1.54) is 18.2 Å². The molecular weight excluding hydrogens is 312 g/mol. The van der Waals surface area contributed by atoms with Crippen LogP contribution in [0, 0.1) is 0 Å². The predicted octanol–water partition coefficient (Wildman–Crippen LogP) is 1.77. The first-order valence-corrected chi connectivity index (χ1v) is 7.03. The maximum Gasteiger partial charge on any atom is 0.336 e. The smallest absolute Gasteiger partial charge is 0.336 e. The molecule has 0 unspecified atom stereocenters. The summed E-state index contributed by atoms with van der Waals surface area (Å²) in [6.45, 7) is 0. The van der Waals surface area contributed by atoms with Crippen LogP contribution < -0.4 is 22.1 Å². The van der Waals surface area contributed by atoms with Crippen molar-refractivity contribution in [2.75, 3.05) is 0 Å². The van der Waals surface area contributed by atoms with E-state index < -0.39 is 16.7 Å². The molecule has 0 saturated carbocycles. The molecule has 6 nitrogen and oxygen atoms in total. The Hall–Kier alpha value is -3.54. The monoisotopic (exact) mass is 320 g/mol. The Balaban J connectivity index is 2.46. The highest BCUT2D eigenvalue weighted by molar-refractivity contribution is 6.07. The van der Waals surface area contributed by atoms with Crippen LogP contribution >= 0.6 is 0 Å². The fourth-order valence-electron chi connectivity index (χ4n) is 2.73. The molecule has 1 aromatic heterocycles. The van der Waals surface area contributed by atoms with Crippen LogP contribution in [0.25, 0.3) is 32.7 Å². The van der Waals surface area contributed by atoms with Gasteiger partial charge in [-0.05, 0) is 12.1 Å². The molecule has 24 heavy (non-hydrogen) atoms. The Morgan fingerprint density at radius 3 is 1.92 bits per heavy atom. The summed E-state index contributed by atoms with van der Waals surface area (Å²) in [5, 5.41) is 0.519. The van der Waals surface area contributed by atoms with E-state index in [0.29, 0.717) is 0 Å². The van der Waals surface area contributed by atoms with Crippen molar-refractivity contribution < 1.29 is 8.83 Å². The molecule has 6 heteroatoms. The van der Waals surface area contributed by atoms with Gasteiger partial charge >= 0.3 is 11.3 Å². The zero-order valence-electron chi connectivity index (χ0n) is 12.1. The van der Waals surface area contributed by atoms with Crippen LogP contribution in [-0.4, -0.2) is 0 Å². The SMILES string of the molecule is O=c1ccc(=O)oc2c(ccc3c(=O)c4ccccc4c(=O)c32)o1. The summed E-state index contributed by atoms with van der Waals surface area (Å²) in [4.78, 5) is 48.8. The van der Waals surface area contributed by atoms with Crippen LogP contribution in [0.3, 0.4) is 0 Å². The molecule has 0 aliphatic heterocycles. The minimum Gasteiger partial charge on any atom is -0.419 e. The molecule has 0 bridgehead atoms. The van der Waals surface area contributed by atoms with Crippen molar-refractivity contribution in [3.63, 3.8) is 0 Å². The molecule has 0 aliphatic carbocycles. The third-order valence-corrected chi connectivity index (χ3v) is 3.78. The molecule has 0 aliphatic rings. The molecule has 0 amide bonds. The topological polar surface area (TPSA) is 94.6 Å². The zero-order valence-corrected chi connectivity index (χ0v) is 12.1. The minimum atomic E-state index is -0.833. The summed E-state index contributed by atoms with van der Waals surface area (Å²) >= 11 is 0. The van der Waals surface area contributed by atoms with Crippen LogP contribution in [-0.2, 0) is 0 Å². The van der Waals surface area contributed by atoms with E-state index in [1.54, 1.807) is 18.2 Å². The highest BCUT2D eigenvalue weighted by atomic mass is 16.4. The van der Waals surface area contributed by atoms with E-state index in [-0.39, 0.29) is 38.1 Å². The van der Waals surface area contributed by atoms with Crippen molar-refractivity contribution in [3.8, 4) is 0 Å². The van der Waals surface area contributed by atoms with Gasteiger partial charge in [-0.25, -0.2) is 9.59 Å². The summed E-state index contributed by atoms with van der Waals surface area (Å²) in [5.41, 5.74) is -2.74. The Morgan fingerprint density at radius 2 is 1.21 bits per heavy atom. The molecule has 3 aromatic carbocycles. The summed E-state index contributed by atoms with van der Waals surface area (Å²) < 4.78 is 10.2. The molecule has 4 rings (SSSR count). The third kappa shape index (κ3) is 1.97. The molecule has 0 fully saturated rings. The van der Waals surface area contributed by atoms with Gasteiger partial charge < -0.3 is 8.83 Å². The van der Waals surface area contributed by atoms with E-state index in [1.807, 2.05) is 0 Å². The molecule has 116 valence electrons. The fraction of sp³-hybridized carbons (Fsp3) is 0. The normalized spacial score (nSPS) is 11.2. The van der Waals surface area contributed by atoms with Gasteiger partial charge in [0.15, 0.2) is 22.0 Å². The second-order valence-corrected chi connectivity index (χ2v) is 5.19. The van der Waals surface area contributed by atoms with Crippen molar-refractivity contribution in [2.45, 2.75) is 0 Å². The molecule has 0 atom stereocenters. The number of hydrogen-bond donors (Lipinski definition) is 0. The summed E-state index contributed by atoms with van der Waals surface area (Å²) in [7, 11) is 0. The third-order valence-electron chi connectivity index (χ3n) is 3.78. The summed E-state index contributed by atoms with van der Waals surface area (Å²) in [6.07, 6.45) is 0. The van der Waals surface area contributed by atoms with Gasteiger partial charge in [0.05, 0.1) is 5.39 Å². The van der Waals surface area contributed by atoms with Gasteiger partial charge in [0.25, 0.3) is 0 Å². The molecule has 1 heterocycles. The standard InChI is InChI=1S/C18H8O6/c19-13-7-8-14(20)24-18-12(23-13)6-5-11-15(18)17(22)10-4-2-1-3-9(10)16(11)21/h1-8H. The lowest BCUT2D eigenvalue weighted by Gasteiger charge is -2.02. The predicted molar refractivity (Wildman–Crippen MR) is 88.6 cm³/mol. The van der Waals surface area contributed by atoms with Crippen LogP contribution in [0.5, 0.6) is 0 Å². The largest absolute Gasteiger partial charge is 0.419 e. The molecule has 0 N–H and O–H groups in total. The molecule has 0 saturated heterocycles. The van der Waals surface area contributed by atoms with Gasteiger partial charge in [-0.1, -0.05) is 24.3 Å². The number of rotatable bonds is 0. The first-order valence-electron chi connectivity index (χ1n) is 7.03. The quantitative estimate of drug-likeness (QED) is 0.458. The average Bonchev–Trinajstić information content (AvgIpc) is 2.58. The second kappa shape index (κ2) is 4.99. The first kappa shape index (κ1) is 14.1. The Bertz CT molecular complexity index is 1380. The maximum absolute atomic E-state index is 12.8. The van der Waals surface area contributed by atoms with Crippen molar-refractivity contribution in [1.82, 2.24) is 0 Å². The van der Waals surface area contributed by atoms with E-state index in [0.717, 1.165) is 12.1 Å². The molecular formula is C18H8O6. The van der Waals surface area contributed by atoms with Crippen LogP contribution in [0.4, 0.5) is 0 Å². The lowest BCUT2D eigenvalue weighted by atomic mass is 10.0. The molecule has 0 spiro atoms. The highest BCUT2D eigenvalue weighted by Crippen LogP contribution is 2.20. The molecule has 4 aromatic rings. The van der Waals surface area contributed by atoms with E-state index >= 15 is 0 Å². The average molecular weight is 320 g/mol. The fourth-order valence-corrected chi connectivity index (χ4v) is 2.73. The number of benzene rings is 3. The van der Waals surface area contributed by atoms with E-state index in [4.69, 9.17) is 8.83 Å². The zero-order chi connectivity index (χ0) is 16.8. The van der Waals surface area contributed by atoms with Gasteiger partial charge in [-0.2, -0.15) is 0 Å². The minimum absolute atomic E-state index is 0.0762. The Kier molecular flexibility index (Phi) is 2.93. The summed E-state index contributed by atoms with van der Waals surface area (Å²) in [5.74, 6) is 0. The van der Waals surface area contributed by atoms with Gasteiger partial charge in [0.2, 0.25) is 0 Å². The van der Waals surface area contributed by atoms with Gasteiger partial charge in [0.1, 0.15) is 0 Å². The van der Waals surface area contributed by atoms with Crippen LogP contribution in [0.1, 0.15) is 0 Å². The summed E-state index contributed by atoms with van der Waals surface area (Å²) in [6, 6.07) is 10.9. The molecule has 0 radical (unpaired) electrons. The van der Waals surface area contributed by atoms with Crippen molar-refractivity contribution in [3.05, 3.63) is 89.8 Å². The van der Waals surface area contributed by atoms with Crippen molar-refractivity contribution >= 4 is 32.7 Å². The lowest BCUT2D eigenvalue weighted by molar-refractivity contribution is 0.521. The van der Waals surface area contributed by atoms with Gasteiger partial charge in [-0.15, -0.1) is 0 Å². The number of hydrogen-bond acceptors (Lipinski definition) is 6.